The zero-order valence-corrected chi connectivity index (χ0v) is 12.1. The van der Waals surface area contributed by atoms with Crippen LogP contribution in [0.4, 0.5) is 0 Å². The van der Waals surface area contributed by atoms with Gasteiger partial charge in [0.05, 0.1) is 6.61 Å². The van der Waals surface area contributed by atoms with E-state index in [0.717, 1.165) is 11.3 Å². The first kappa shape index (κ1) is 15.0. The van der Waals surface area contributed by atoms with Crippen LogP contribution in [0.5, 0.6) is 5.75 Å². The summed E-state index contributed by atoms with van der Waals surface area (Å²) in [5, 5.41) is 0. The average molecular weight is 252 g/mol. The van der Waals surface area contributed by atoms with Gasteiger partial charge in [-0.2, -0.15) is 0 Å². The van der Waals surface area contributed by atoms with Crippen LogP contribution in [0.3, 0.4) is 0 Å². The first-order chi connectivity index (χ1) is 8.45. The number of methoxy groups -OCH3 is 1. The van der Waals surface area contributed by atoms with Crippen LogP contribution in [-0.4, -0.2) is 27.1 Å². The molecule has 0 aromatic heterocycles. The third kappa shape index (κ3) is 4.67. The van der Waals surface area contributed by atoms with Gasteiger partial charge in [-0.3, -0.25) is 0 Å². The Hall–Kier alpha value is -1.06. The van der Waals surface area contributed by atoms with Crippen LogP contribution in [0.15, 0.2) is 18.2 Å². The molecule has 102 valence electrons. The Kier molecular flexibility index (Phi) is 5.63. The van der Waals surface area contributed by atoms with E-state index < -0.39 is 0 Å². The van der Waals surface area contributed by atoms with Crippen molar-refractivity contribution in [1.29, 1.82) is 0 Å². The van der Waals surface area contributed by atoms with Gasteiger partial charge < -0.3 is 14.2 Å². The van der Waals surface area contributed by atoms with Crippen LogP contribution in [0, 0.1) is 6.92 Å². The van der Waals surface area contributed by atoms with E-state index in [9.17, 15) is 0 Å². The van der Waals surface area contributed by atoms with E-state index in [4.69, 9.17) is 14.2 Å². The first-order valence-corrected chi connectivity index (χ1v) is 6.26. The summed E-state index contributed by atoms with van der Waals surface area (Å²) >= 11 is 0. The lowest BCUT2D eigenvalue weighted by atomic mass is 9.86. The Morgan fingerprint density at radius 1 is 1.11 bits per heavy atom. The number of ether oxygens (including phenoxy) is 3. The van der Waals surface area contributed by atoms with E-state index in [2.05, 4.69) is 45.9 Å². The fourth-order valence-electron chi connectivity index (χ4n) is 1.57. The Morgan fingerprint density at radius 3 is 2.44 bits per heavy atom. The molecule has 0 atom stereocenters. The number of benzene rings is 1. The fourth-order valence-corrected chi connectivity index (χ4v) is 1.57. The van der Waals surface area contributed by atoms with Gasteiger partial charge >= 0.3 is 0 Å². The van der Waals surface area contributed by atoms with Crippen LogP contribution in [-0.2, 0) is 14.9 Å². The lowest BCUT2D eigenvalue weighted by Gasteiger charge is -2.21. The van der Waals surface area contributed by atoms with Gasteiger partial charge in [0, 0.05) is 7.11 Å². The Balaban J connectivity index is 2.59. The molecular weight excluding hydrogens is 228 g/mol. The summed E-state index contributed by atoms with van der Waals surface area (Å²) in [6.07, 6.45) is 0. The quantitative estimate of drug-likeness (QED) is 0.574. The fraction of sp³-hybridized carbons (Fsp3) is 0.600. The SMILES string of the molecule is COCOCCOc1cc(C(C)(C)C)ccc1C. The van der Waals surface area contributed by atoms with Crippen molar-refractivity contribution in [2.75, 3.05) is 27.1 Å². The van der Waals surface area contributed by atoms with Gasteiger partial charge in [-0.15, -0.1) is 0 Å². The minimum Gasteiger partial charge on any atom is -0.491 e. The minimum absolute atomic E-state index is 0.137. The molecule has 0 aliphatic carbocycles. The second-order valence-corrected chi connectivity index (χ2v) is 5.39. The molecule has 1 aromatic carbocycles. The van der Waals surface area contributed by atoms with Crippen molar-refractivity contribution in [3.05, 3.63) is 29.3 Å². The number of hydrogen-bond acceptors (Lipinski definition) is 3. The largest absolute Gasteiger partial charge is 0.491 e. The van der Waals surface area contributed by atoms with E-state index >= 15 is 0 Å². The van der Waals surface area contributed by atoms with Crippen LogP contribution in [0.25, 0.3) is 0 Å². The van der Waals surface area contributed by atoms with Crippen molar-refractivity contribution in [3.63, 3.8) is 0 Å². The van der Waals surface area contributed by atoms with E-state index in [-0.39, 0.29) is 5.41 Å². The summed E-state index contributed by atoms with van der Waals surface area (Å²) in [5.74, 6) is 0.934. The number of hydrogen-bond donors (Lipinski definition) is 0. The van der Waals surface area contributed by atoms with Crippen molar-refractivity contribution in [2.24, 2.45) is 0 Å². The van der Waals surface area contributed by atoms with E-state index in [0.29, 0.717) is 20.0 Å². The molecule has 3 heteroatoms. The summed E-state index contributed by atoms with van der Waals surface area (Å²) in [5.41, 5.74) is 2.56. The van der Waals surface area contributed by atoms with Gasteiger partial charge in [0.25, 0.3) is 0 Å². The van der Waals surface area contributed by atoms with E-state index in [1.165, 1.54) is 5.56 Å². The third-order valence-corrected chi connectivity index (χ3v) is 2.74. The molecule has 0 amide bonds. The highest BCUT2D eigenvalue weighted by Crippen LogP contribution is 2.28. The summed E-state index contributed by atoms with van der Waals surface area (Å²) < 4.78 is 15.7. The molecular formula is C15H24O3. The van der Waals surface area contributed by atoms with Crippen LogP contribution in [0.1, 0.15) is 31.9 Å². The molecule has 0 N–H and O–H groups in total. The molecule has 0 spiro atoms. The molecule has 0 heterocycles. The maximum Gasteiger partial charge on any atom is 0.146 e. The Labute approximate surface area is 110 Å². The molecule has 0 radical (unpaired) electrons. The molecule has 0 aliphatic rings. The minimum atomic E-state index is 0.137. The predicted octanol–water partition coefficient (Wildman–Crippen LogP) is 3.29. The van der Waals surface area contributed by atoms with Gasteiger partial charge in [-0.25, -0.2) is 0 Å². The average Bonchev–Trinajstić information content (AvgIpc) is 2.29. The van der Waals surface area contributed by atoms with Gasteiger partial charge in [-0.05, 0) is 29.5 Å². The van der Waals surface area contributed by atoms with Crippen LogP contribution < -0.4 is 4.74 Å². The third-order valence-electron chi connectivity index (χ3n) is 2.74. The standard InChI is InChI=1S/C15H24O3/c1-12-6-7-13(15(2,3)4)10-14(12)18-9-8-17-11-16-5/h6-7,10H,8-9,11H2,1-5H3. The van der Waals surface area contributed by atoms with Crippen LogP contribution >= 0.6 is 0 Å². The first-order valence-electron chi connectivity index (χ1n) is 6.26. The van der Waals surface area contributed by atoms with Crippen molar-refractivity contribution < 1.29 is 14.2 Å². The lowest BCUT2D eigenvalue weighted by Crippen LogP contribution is -2.13. The van der Waals surface area contributed by atoms with Crippen molar-refractivity contribution in [3.8, 4) is 5.75 Å². The van der Waals surface area contributed by atoms with Gasteiger partial charge in [0.2, 0.25) is 0 Å². The van der Waals surface area contributed by atoms with Gasteiger partial charge in [0.15, 0.2) is 0 Å². The molecule has 18 heavy (non-hydrogen) atoms. The summed E-state index contributed by atoms with van der Waals surface area (Å²) in [4.78, 5) is 0. The molecule has 0 fully saturated rings. The lowest BCUT2D eigenvalue weighted by molar-refractivity contribution is -0.0388. The zero-order chi connectivity index (χ0) is 13.6. The number of rotatable bonds is 6. The maximum absolute atomic E-state index is 5.74. The van der Waals surface area contributed by atoms with Gasteiger partial charge in [0.1, 0.15) is 19.1 Å². The molecule has 3 nitrogen and oxygen atoms in total. The normalized spacial score (nSPS) is 11.6. The Morgan fingerprint density at radius 2 is 1.83 bits per heavy atom. The van der Waals surface area contributed by atoms with Crippen molar-refractivity contribution in [2.45, 2.75) is 33.1 Å². The van der Waals surface area contributed by atoms with Gasteiger partial charge in [-0.1, -0.05) is 32.9 Å². The summed E-state index contributed by atoms with van der Waals surface area (Å²) in [6, 6.07) is 6.38. The highest BCUT2D eigenvalue weighted by Gasteiger charge is 2.15. The Bertz CT molecular complexity index is 366. The molecule has 0 aliphatic heterocycles. The van der Waals surface area contributed by atoms with E-state index in [1.807, 2.05) is 0 Å². The molecule has 0 saturated carbocycles. The van der Waals surface area contributed by atoms with Crippen LogP contribution in [0.2, 0.25) is 0 Å². The maximum atomic E-state index is 5.74. The molecule has 1 aromatic rings. The van der Waals surface area contributed by atoms with Crippen molar-refractivity contribution in [1.82, 2.24) is 0 Å². The predicted molar refractivity (Wildman–Crippen MR) is 73.2 cm³/mol. The van der Waals surface area contributed by atoms with Crippen molar-refractivity contribution >= 4 is 0 Å². The molecule has 0 unspecified atom stereocenters. The summed E-state index contributed by atoms with van der Waals surface area (Å²) in [7, 11) is 1.61. The monoisotopic (exact) mass is 252 g/mol. The number of aryl methyl sites for hydroxylation is 1. The highest BCUT2D eigenvalue weighted by molar-refractivity contribution is 5.39. The molecule has 0 saturated heterocycles. The second-order valence-electron chi connectivity index (χ2n) is 5.39. The second kappa shape index (κ2) is 6.76. The van der Waals surface area contributed by atoms with E-state index in [1.54, 1.807) is 7.11 Å². The smallest absolute Gasteiger partial charge is 0.146 e. The molecule has 1 rings (SSSR count). The highest BCUT2D eigenvalue weighted by atomic mass is 16.7. The topological polar surface area (TPSA) is 27.7 Å². The summed E-state index contributed by atoms with van der Waals surface area (Å²) in [6.45, 7) is 10.0. The molecule has 0 bridgehead atoms. The zero-order valence-electron chi connectivity index (χ0n) is 12.1.